The fraction of sp³-hybridized carbons (Fsp3) is 0.375. The van der Waals surface area contributed by atoms with Gasteiger partial charge in [0.15, 0.2) is 0 Å². The summed E-state index contributed by atoms with van der Waals surface area (Å²) in [6.45, 7) is -0.0610. The van der Waals surface area contributed by atoms with E-state index in [1.807, 2.05) is 6.07 Å². The van der Waals surface area contributed by atoms with Crippen LogP contribution in [-0.2, 0) is 14.8 Å². The van der Waals surface area contributed by atoms with E-state index >= 15 is 0 Å². The smallest absolute Gasteiger partial charge is 0.229 e. The van der Waals surface area contributed by atoms with Gasteiger partial charge in [-0.05, 0) is 0 Å². The molecule has 17 heavy (non-hydrogen) atoms. The lowest BCUT2D eigenvalue weighted by Crippen LogP contribution is -2.32. The summed E-state index contributed by atoms with van der Waals surface area (Å²) in [4.78, 5) is 12.8. The van der Waals surface area contributed by atoms with Crippen molar-refractivity contribution in [3.05, 3.63) is 11.8 Å². The van der Waals surface area contributed by atoms with Gasteiger partial charge in [0, 0.05) is 13.0 Å². The highest BCUT2D eigenvalue weighted by Gasteiger charge is 2.38. The van der Waals surface area contributed by atoms with Crippen LogP contribution in [0.15, 0.2) is 6.20 Å². The van der Waals surface area contributed by atoms with E-state index in [4.69, 9.17) is 10.4 Å². The Balaban J connectivity index is 2.32. The summed E-state index contributed by atoms with van der Waals surface area (Å²) in [7, 11) is -3.76. The van der Waals surface area contributed by atoms with Crippen LogP contribution in [0, 0.1) is 11.3 Å². The number of nitriles is 1. The van der Waals surface area contributed by atoms with Gasteiger partial charge < -0.3 is 0 Å². The highest BCUT2D eigenvalue weighted by atomic mass is 32.2. The number of hydrogen-bond acceptors (Lipinski definition) is 5. The van der Waals surface area contributed by atoms with Gasteiger partial charge in [0.25, 0.3) is 0 Å². The van der Waals surface area contributed by atoms with Gasteiger partial charge in [-0.25, -0.2) is 13.6 Å². The largest absolute Gasteiger partial charge is 0.295 e. The number of aromatic amines is 1. The molecule has 2 heterocycles. The van der Waals surface area contributed by atoms with Gasteiger partial charge >= 0.3 is 0 Å². The molecule has 1 unspecified atom stereocenters. The molecule has 1 atom stereocenters. The molecule has 90 valence electrons. The van der Waals surface area contributed by atoms with Crippen molar-refractivity contribution in [2.45, 2.75) is 11.7 Å². The normalized spacial score (nSPS) is 20.6. The number of nitrogens with two attached hydrogens (primary N) is 1. The molecule has 9 heteroatoms. The van der Waals surface area contributed by atoms with Crippen LogP contribution in [0.2, 0.25) is 0 Å². The van der Waals surface area contributed by atoms with Crippen LogP contribution >= 0.6 is 0 Å². The summed E-state index contributed by atoms with van der Waals surface area (Å²) in [6, 6.07) is 1.86. The SMILES string of the molecule is N#Cc1cn[nH]c1N1CC(S(N)(=O)=O)CC1=O. The Kier molecular flexibility index (Phi) is 2.60. The Bertz CT molecular complexity index is 599. The molecule has 3 N–H and O–H groups in total. The van der Waals surface area contributed by atoms with Gasteiger partial charge in [-0.1, -0.05) is 0 Å². The Morgan fingerprint density at radius 1 is 1.65 bits per heavy atom. The fourth-order valence-corrected chi connectivity index (χ4v) is 2.41. The van der Waals surface area contributed by atoms with Crippen molar-refractivity contribution in [3.63, 3.8) is 0 Å². The number of rotatable bonds is 2. The zero-order valence-corrected chi connectivity index (χ0v) is 9.44. The number of amides is 1. The lowest BCUT2D eigenvalue weighted by atomic mass is 10.3. The Morgan fingerprint density at radius 2 is 2.35 bits per heavy atom. The van der Waals surface area contributed by atoms with E-state index in [1.54, 1.807) is 0 Å². The van der Waals surface area contributed by atoms with Gasteiger partial charge in [0.05, 0.1) is 6.20 Å². The molecule has 0 saturated carbocycles. The fourth-order valence-electron chi connectivity index (χ4n) is 1.68. The number of carbonyl (C=O) groups is 1. The number of carbonyl (C=O) groups excluding carboxylic acids is 1. The molecule has 1 fully saturated rings. The van der Waals surface area contributed by atoms with Crippen molar-refractivity contribution in [2.75, 3.05) is 11.4 Å². The number of anilines is 1. The van der Waals surface area contributed by atoms with E-state index in [0.717, 1.165) is 0 Å². The molecule has 1 aliphatic rings. The minimum Gasteiger partial charge on any atom is -0.295 e. The number of primary sulfonamides is 1. The zero-order chi connectivity index (χ0) is 12.6. The number of H-pyrrole nitrogens is 1. The standard InChI is InChI=1S/C8H9N5O3S/c9-2-5-3-11-12-8(5)13-4-6(1-7(13)14)17(10,15)16/h3,6H,1,4H2,(H,11,12)(H2,10,15,16). The molecular formula is C8H9N5O3S. The van der Waals surface area contributed by atoms with Crippen molar-refractivity contribution in [3.8, 4) is 6.07 Å². The average Bonchev–Trinajstić information content (AvgIpc) is 2.81. The molecule has 1 amide bonds. The lowest BCUT2D eigenvalue weighted by molar-refractivity contribution is -0.117. The minimum atomic E-state index is -3.76. The van der Waals surface area contributed by atoms with Gasteiger partial charge in [0.2, 0.25) is 15.9 Å². The third-order valence-electron chi connectivity index (χ3n) is 2.56. The number of aromatic nitrogens is 2. The second-order valence-corrected chi connectivity index (χ2v) is 5.51. The molecule has 1 aliphatic heterocycles. The molecular weight excluding hydrogens is 246 g/mol. The van der Waals surface area contributed by atoms with E-state index in [9.17, 15) is 13.2 Å². The Morgan fingerprint density at radius 3 is 2.88 bits per heavy atom. The third-order valence-corrected chi connectivity index (χ3v) is 3.81. The maximum atomic E-state index is 11.6. The van der Waals surface area contributed by atoms with Crippen LogP contribution in [0.1, 0.15) is 12.0 Å². The average molecular weight is 255 g/mol. The topological polar surface area (TPSA) is 133 Å². The first kappa shape index (κ1) is 11.6. The van der Waals surface area contributed by atoms with Crippen LogP contribution in [0.25, 0.3) is 0 Å². The highest BCUT2D eigenvalue weighted by Crippen LogP contribution is 2.24. The van der Waals surface area contributed by atoms with Gasteiger partial charge in [-0.2, -0.15) is 10.4 Å². The molecule has 1 aromatic heterocycles. The first-order chi connectivity index (χ1) is 7.93. The number of hydrogen-bond donors (Lipinski definition) is 2. The summed E-state index contributed by atoms with van der Waals surface area (Å²) in [5.74, 6) is -0.187. The molecule has 8 nitrogen and oxygen atoms in total. The monoisotopic (exact) mass is 255 g/mol. The summed E-state index contributed by atoms with van der Waals surface area (Å²) in [5.41, 5.74) is 0.188. The summed E-state index contributed by atoms with van der Waals surface area (Å²) < 4.78 is 22.3. The van der Waals surface area contributed by atoms with Crippen molar-refractivity contribution in [1.82, 2.24) is 10.2 Å². The summed E-state index contributed by atoms with van der Waals surface area (Å²) in [6.07, 6.45) is 1.09. The summed E-state index contributed by atoms with van der Waals surface area (Å²) in [5, 5.41) is 19.0. The van der Waals surface area contributed by atoms with Crippen molar-refractivity contribution in [1.29, 1.82) is 5.26 Å². The maximum Gasteiger partial charge on any atom is 0.229 e. The molecule has 2 rings (SSSR count). The van der Waals surface area contributed by atoms with E-state index in [1.165, 1.54) is 11.1 Å². The van der Waals surface area contributed by atoms with E-state index in [0.29, 0.717) is 0 Å². The molecule has 0 spiro atoms. The first-order valence-electron chi connectivity index (χ1n) is 4.69. The van der Waals surface area contributed by atoms with Crippen LogP contribution < -0.4 is 10.0 Å². The molecule has 1 aromatic rings. The molecule has 0 radical (unpaired) electrons. The van der Waals surface area contributed by atoms with Crippen LogP contribution in [-0.4, -0.2) is 36.3 Å². The van der Waals surface area contributed by atoms with E-state index in [-0.39, 0.29) is 24.3 Å². The van der Waals surface area contributed by atoms with Gasteiger partial charge in [-0.3, -0.25) is 14.8 Å². The zero-order valence-electron chi connectivity index (χ0n) is 8.62. The number of nitrogens with one attached hydrogen (secondary N) is 1. The first-order valence-corrected chi connectivity index (χ1v) is 6.30. The van der Waals surface area contributed by atoms with Gasteiger partial charge in [0.1, 0.15) is 22.7 Å². The van der Waals surface area contributed by atoms with Crippen LogP contribution in [0.4, 0.5) is 5.82 Å². The van der Waals surface area contributed by atoms with E-state index in [2.05, 4.69) is 10.2 Å². The predicted octanol–water partition coefficient (Wildman–Crippen LogP) is -1.32. The quantitative estimate of drug-likeness (QED) is 0.675. The lowest BCUT2D eigenvalue weighted by Gasteiger charge is -2.13. The van der Waals surface area contributed by atoms with E-state index < -0.39 is 21.2 Å². The number of sulfonamides is 1. The second kappa shape index (κ2) is 3.83. The highest BCUT2D eigenvalue weighted by molar-refractivity contribution is 7.89. The summed E-state index contributed by atoms with van der Waals surface area (Å²) >= 11 is 0. The maximum absolute atomic E-state index is 11.6. The molecule has 0 bridgehead atoms. The van der Waals surface area contributed by atoms with Crippen molar-refractivity contribution in [2.24, 2.45) is 5.14 Å². The van der Waals surface area contributed by atoms with Crippen LogP contribution in [0.5, 0.6) is 0 Å². The van der Waals surface area contributed by atoms with Crippen LogP contribution in [0.3, 0.4) is 0 Å². The molecule has 1 saturated heterocycles. The van der Waals surface area contributed by atoms with Crippen molar-refractivity contribution < 1.29 is 13.2 Å². The molecule has 0 aromatic carbocycles. The Hall–Kier alpha value is -1.92. The Labute approximate surface area is 97.1 Å². The third kappa shape index (κ3) is 2.00. The predicted molar refractivity (Wildman–Crippen MR) is 57.2 cm³/mol. The minimum absolute atomic E-state index is 0.0610. The molecule has 0 aliphatic carbocycles. The van der Waals surface area contributed by atoms with Gasteiger partial charge in [-0.15, -0.1) is 0 Å². The second-order valence-electron chi connectivity index (χ2n) is 3.66. The number of nitrogens with zero attached hydrogens (tertiary/aromatic N) is 3. The van der Waals surface area contributed by atoms with Crippen molar-refractivity contribution >= 4 is 21.7 Å².